The van der Waals surface area contributed by atoms with E-state index in [2.05, 4.69) is 10.3 Å². The van der Waals surface area contributed by atoms with Crippen molar-refractivity contribution in [2.45, 2.75) is 43.2 Å². The molecule has 6 nitrogen and oxygen atoms in total. The van der Waals surface area contributed by atoms with Crippen LogP contribution in [0, 0.1) is 11.7 Å². The molecule has 0 radical (unpaired) electrons. The Morgan fingerprint density at radius 3 is 2.55 bits per heavy atom. The fourth-order valence-electron chi connectivity index (χ4n) is 3.58. The Morgan fingerprint density at radius 1 is 1.21 bits per heavy atom. The van der Waals surface area contributed by atoms with E-state index in [0.717, 1.165) is 6.92 Å². The fraction of sp³-hybridized carbons (Fsp3) is 0.429. The maximum absolute atomic E-state index is 13.8. The number of anilines is 2. The monoisotopic (exact) mass is 490 g/mol. The average molecular weight is 490 g/mol. The molecule has 1 atom stereocenters. The summed E-state index contributed by atoms with van der Waals surface area (Å²) in [5.74, 6) is -3.93. The van der Waals surface area contributed by atoms with Gasteiger partial charge in [-0.2, -0.15) is 13.2 Å². The highest BCUT2D eigenvalue weighted by molar-refractivity contribution is 7.91. The maximum Gasteiger partial charge on any atom is 0.418 e. The molecule has 1 aliphatic heterocycles. The fourth-order valence-corrected chi connectivity index (χ4v) is 4.27. The number of aryl methyl sites for hydroxylation is 1. The zero-order chi connectivity index (χ0) is 24.6. The highest BCUT2D eigenvalue weighted by atomic mass is 32.2. The summed E-state index contributed by atoms with van der Waals surface area (Å²) >= 11 is 0. The van der Waals surface area contributed by atoms with Gasteiger partial charge in [0, 0.05) is 42.8 Å². The number of hydrogen-bond acceptors (Lipinski definition) is 5. The van der Waals surface area contributed by atoms with Crippen molar-refractivity contribution in [3.63, 3.8) is 0 Å². The number of halogens is 5. The van der Waals surface area contributed by atoms with E-state index in [0.29, 0.717) is 6.07 Å². The van der Waals surface area contributed by atoms with Crippen molar-refractivity contribution in [2.24, 2.45) is 0 Å². The largest absolute Gasteiger partial charge is 0.418 e. The van der Waals surface area contributed by atoms with Crippen molar-refractivity contribution >= 4 is 27.1 Å². The van der Waals surface area contributed by atoms with Crippen LogP contribution in [0.4, 0.5) is 33.5 Å². The molecule has 2 aromatic rings. The molecule has 0 aliphatic carbocycles. The van der Waals surface area contributed by atoms with E-state index in [1.807, 2.05) is 0 Å². The Labute approximate surface area is 188 Å². The lowest BCUT2D eigenvalue weighted by molar-refractivity contribution is -0.138. The third-order valence-electron chi connectivity index (χ3n) is 5.30. The number of rotatable bonds is 4. The van der Waals surface area contributed by atoms with Gasteiger partial charge < -0.3 is 10.2 Å². The Morgan fingerprint density at radius 2 is 1.91 bits per heavy atom. The van der Waals surface area contributed by atoms with Gasteiger partial charge in [0.15, 0.2) is 0 Å². The lowest BCUT2D eigenvalue weighted by Crippen LogP contribution is -2.30. The Kier molecular flexibility index (Phi) is 6.69. The van der Waals surface area contributed by atoms with Gasteiger partial charge in [0.2, 0.25) is 5.92 Å². The summed E-state index contributed by atoms with van der Waals surface area (Å²) in [6.45, 7) is 1.09. The van der Waals surface area contributed by atoms with Crippen LogP contribution in [-0.4, -0.2) is 40.4 Å². The lowest BCUT2D eigenvalue weighted by Gasteiger charge is -2.25. The SMILES string of the molecule is Cc1nc(N2CCCC(F)(F)CC2)c(C(=O)Nc2cccc([S@@](C)(=N)=O)c2)cc1C(F)(F)F. The van der Waals surface area contributed by atoms with Gasteiger partial charge in [0.1, 0.15) is 5.82 Å². The van der Waals surface area contributed by atoms with Crippen molar-refractivity contribution in [3.8, 4) is 0 Å². The van der Waals surface area contributed by atoms with E-state index in [1.54, 1.807) is 0 Å². The first-order chi connectivity index (χ1) is 15.2. The molecule has 180 valence electrons. The summed E-state index contributed by atoms with van der Waals surface area (Å²) in [4.78, 5) is 18.6. The number of nitrogens with one attached hydrogen (secondary N) is 2. The highest BCUT2D eigenvalue weighted by Crippen LogP contribution is 2.36. The Hall–Kier alpha value is -2.76. The molecule has 0 saturated carbocycles. The van der Waals surface area contributed by atoms with Crippen molar-refractivity contribution in [2.75, 3.05) is 29.6 Å². The van der Waals surface area contributed by atoms with Crippen molar-refractivity contribution in [1.82, 2.24) is 4.98 Å². The molecule has 12 heteroatoms. The van der Waals surface area contributed by atoms with Crippen molar-refractivity contribution in [3.05, 3.63) is 47.2 Å². The third kappa shape index (κ3) is 5.98. The van der Waals surface area contributed by atoms with Crippen LogP contribution >= 0.6 is 0 Å². The summed E-state index contributed by atoms with van der Waals surface area (Å²) in [5, 5.41) is 2.45. The molecule has 3 rings (SSSR count). The lowest BCUT2D eigenvalue weighted by atomic mass is 10.1. The van der Waals surface area contributed by atoms with Gasteiger partial charge in [-0.05, 0) is 37.6 Å². The third-order valence-corrected chi connectivity index (χ3v) is 6.46. The number of aromatic nitrogens is 1. The number of benzene rings is 1. The zero-order valence-electron chi connectivity index (χ0n) is 17.9. The van der Waals surface area contributed by atoms with Crippen LogP contribution < -0.4 is 10.2 Å². The summed E-state index contributed by atoms with van der Waals surface area (Å²) in [6.07, 6.45) is -4.35. The van der Waals surface area contributed by atoms with Crippen LogP contribution in [0.3, 0.4) is 0 Å². The van der Waals surface area contributed by atoms with Gasteiger partial charge in [-0.25, -0.2) is 22.8 Å². The molecule has 33 heavy (non-hydrogen) atoms. The van der Waals surface area contributed by atoms with Crippen LogP contribution in [-0.2, 0) is 15.9 Å². The molecule has 0 bridgehead atoms. The number of alkyl halides is 5. The van der Waals surface area contributed by atoms with E-state index in [1.165, 1.54) is 35.4 Å². The molecule has 0 spiro atoms. The number of carbonyl (C=O) groups excluding carboxylic acids is 1. The maximum atomic E-state index is 13.8. The molecule has 1 aromatic heterocycles. The summed E-state index contributed by atoms with van der Waals surface area (Å²) in [6, 6.07) is 6.29. The minimum atomic E-state index is -4.77. The van der Waals surface area contributed by atoms with Crippen LogP contribution in [0.1, 0.15) is 40.9 Å². The first-order valence-corrected chi connectivity index (χ1v) is 12.0. The van der Waals surface area contributed by atoms with E-state index >= 15 is 0 Å². The number of pyridine rings is 1. The van der Waals surface area contributed by atoms with Crippen molar-refractivity contribution in [1.29, 1.82) is 4.78 Å². The molecule has 2 heterocycles. The molecular weight excluding hydrogens is 467 g/mol. The number of nitrogens with zero attached hydrogens (tertiary/aromatic N) is 2. The van der Waals surface area contributed by atoms with Crippen LogP contribution in [0.25, 0.3) is 0 Å². The van der Waals surface area contributed by atoms with Gasteiger partial charge in [0.25, 0.3) is 5.91 Å². The molecule has 0 unspecified atom stereocenters. The van der Waals surface area contributed by atoms with Gasteiger partial charge in [0.05, 0.1) is 26.5 Å². The predicted molar refractivity (Wildman–Crippen MR) is 114 cm³/mol. The van der Waals surface area contributed by atoms with E-state index in [-0.39, 0.29) is 48.0 Å². The molecule has 1 amide bonds. The molecule has 2 N–H and O–H groups in total. The van der Waals surface area contributed by atoms with E-state index < -0.39 is 45.3 Å². The van der Waals surface area contributed by atoms with Crippen molar-refractivity contribution < 1.29 is 31.0 Å². The minimum absolute atomic E-state index is 0.0895. The molecule has 1 fully saturated rings. The van der Waals surface area contributed by atoms with Crippen LogP contribution in [0.5, 0.6) is 0 Å². The standard InChI is InChI=1S/C21H23F5N4O2S/c1-13-17(21(24,25)26)12-16(18(28-13)30-9-4-7-20(22,23)8-10-30)19(31)29-14-5-3-6-15(11-14)33(2,27)32/h3,5-6,11-12,27H,4,7-10H2,1-2H3,(H,29,31)/t33-/m0/s1. The van der Waals surface area contributed by atoms with Crippen LogP contribution in [0.15, 0.2) is 35.2 Å². The van der Waals surface area contributed by atoms with Gasteiger partial charge in [-0.15, -0.1) is 0 Å². The van der Waals surface area contributed by atoms with E-state index in [9.17, 15) is 31.0 Å². The number of carbonyl (C=O) groups is 1. The smallest absolute Gasteiger partial charge is 0.356 e. The molecule has 1 saturated heterocycles. The second-order valence-electron chi connectivity index (χ2n) is 8.01. The molecular formula is C21H23F5N4O2S. The van der Waals surface area contributed by atoms with Crippen LogP contribution in [0.2, 0.25) is 0 Å². The molecule has 1 aromatic carbocycles. The van der Waals surface area contributed by atoms with E-state index in [4.69, 9.17) is 4.78 Å². The first kappa shape index (κ1) is 24.9. The predicted octanol–water partition coefficient (Wildman–Crippen LogP) is 5.32. The summed E-state index contributed by atoms with van der Waals surface area (Å²) in [7, 11) is -3.09. The zero-order valence-corrected chi connectivity index (χ0v) is 18.7. The summed E-state index contributed by atoms with van der Waals surface area (Å²) < 4.78 is 87.8. The quantitative estimate of drug-likeness (QED) is 0.568. The highest BCUT2D eigenvalue weighted by Gasteiger charge is 2.37. The van der Waals surface area contributed by atoms with Gasteiger partial charge in [-0.3, -0.25) is 4.79 Å². The average Bonchev–Trinajstić information content (AvgIpc) is 2.86. The molecule has 1 aliphatic rings. The van der Waals surface area contributed by atoms with Gasteiger partial charge in [-0.1, -0.05) is 6.07 Å². The second-order valence-corrected chi connectivity index (χ2v) is 10.2. The first-order valence-electron chi connectivity index (χ1n) is 10.0. The van der Waals surface area contributed by atoms with Gasteiger partial charge >= 0.3 is 6.18 Å². The normalized spacial score (nSPS) is 18.3. The minimum Gasteiger partial charge on any atom is -0.356 e. The topological polar surface area (TPSA) is 86.2 Å². The summed E-state index contributed by atoms with van der Waals surface area (Å²) in [5.41, 5.74) is -1.76. The Bertz CT molecular complexity index is 1170. The Balaban J connectivity index is 2.04. The number of amides is 1. The second kappa shape index (κ2) is 8.88. The number of hydrogen-bond donors (Lipinski definition) is 2.